The van der Waals surface area contributed by atoms with Crippen LogP contribution >= 0.6 is 0 Å². The van der Waals surface area contributed by atoms with E-state index in [9.17, 15) is 0 Å². The number of benzene rings is 1. The summed E-state index contributed by atoms with van der Waals surface area (Å²) in [5.41, 5.74) is 0. The highest BCUT2D eigenvalue weighted by Gasteiger charge is 2.15. The quantitative estimate of drug-likeness (QED) is 0.843. The first-order valence-corrected chi connectivity index (χ1v) is 7.42. The van der Waals surface area contributed by atoms with Gasteiger partial charge >= 0.3 is 0 Å². The van der Waals surface area contributed by atoms with Gasteiger partial charge < -0.3 is 14.8 Å². The molecule has 2 aromatic rings. The summed E-state index contributed by atoms with van der Waals surface area (Å²) >= 11 is 0. The van der Waals surface area contributed by atoms with Crippen LogP contribution in [-0.4, -0.2) is 31.3 Å². The fourth-order valence-corrected chi connectivity index (χ4v) is 2.21. The highest BCUT2D eigenvalue weighted by molar-refractivity contribution is 5.92. The van der Waals surface area contributed by atoms with Gasteiger partial charge in [-0.15, -0.1) is 0 Å². The molecule has 0 saturated heterocycles. The minimum absolute atomic E-state index is 0.231. The predicted octanol–water partition coefficient (Wildman–Crippen LogP) is 3.72. The summed E-state index contributed by atoms with van der Waals surface area (Å²) < 4.78 is 10.9. The molecule has 114 valence electrons. The van der Waals surface area contributed by atoms with Crippen LogP contribution in [0.1, 0.15) is 20.8 Å². The van der Waals surface area contributed by atoms with Crippen LogP contribution in [0.4, 0.5) is 5.82 Å². The normalized spacial score (nSPS) is 12.6. The molecule has 0 spiro atoms. The number of rotatable bonds is 7. The number of hydrogen-bond donors (Lipinski definition) is 1. The zero-order valence-corrected chi connectivity index (χ0v) is 13.2. The van der Waals surface area contributed by atoms with Crippen LogP contribution < -0.4 is 10.1 Å². The molecule has 0 radical (unpaired) electrons. The highest BCUT2D eigenvalue weighted by Crippen LogP contribution is 2.26. The van der Waals surface area contributed by atoms with Gasteiger partial charge in [0.1, 0.15) is 11.6 Å². The summed E-state index contributed by atoms with van der Waals surface area (Å²) in [5.74, 6) is 2.17. The van der Waals surface area contributed by atoms with Crippen LogP contribution in [0.3, 0.4) is 0 Å². The molecule has 4 nitrogen and oxygen atoms in total. The Bertz CT molecular complexity index is 584. The topological polar surface area (TPSA) is 43.4 Å². The van der Waals surface area contributed by atoms with Crippen molar-refractivity contribution in [3.8, 4) is 5.75 Å². The van der Waals surface area contributed by atoms with Crippen molar-refractivity contribution >= 4 is 16.6 Å². The summed E-state index contributed by atoms with van der Waals surface area (Å²) in [7, 11) is 1.68. The predicted molar refractivity (Wildman–Crippen MR) is 87.0 cm³/mol. The Morgan fingerprint density at radius 1 is 1.24 bits per heavy atom. The summed E-state index contributed by atoms with van der Waals surface area (Å²) in [6, 6.07) is 8.27. The molecule has 0 fully saturated rings. The first-order chi connectivity index (χ1) is 10.2. The van der Waals surface area contributed by atoms with Gasteiger partial charge in [0, 0.05) is 18.2 Å². The number of fused-ring (bicyclic) bond motifs is 1. The van der Waals surface area contributed by atoms with E-state index in [0.717, 1.165) is 28.9 Å². The zero-order valence-electron chi connectivity index (χ0n) is 13.2. The van der Waals surface area contributed by atoms with Crippen molar-refractivity contribution in [1.29, 1.82) is 0 Å². The Kier molecular flexibility index (Phi) is 5.39. The van der Waals surface area contributed by atoms with E-state index in [2.05, 4.69) is 24.1 Å². The fourth-order valence-electron chi connectivity index (χ4n) is 2.21. The monoisotopic (exact) mass is 288 g/mol. The number of ether oxygens (including phenoxy) is 2. The molecule has 0 amide bonds. The average molecular weight is 288 g/mol. The number of anilines is 1. The largest absolute Gasteiger partial charge is 0.497 e. The van der Waals surface area contributed by atoms with Crippen molar-refractivity contribution in [3.63, 3.8) is 0 Å². The maximum absolute atomic E-state index is 5.57. The summed E-state index contributed by atoms with van der Waals surface area (Å²) in [6.45, 7) is 7.78. The molecule has 1 atom stereocenters. The molecule has 4 heteroatoms. The van der Waals surface area contributed by atoms with Gasteiger partial charge in [-0.1, -0.05) is 19.9 Å². The lowest BCUT2D eigenvalue weighted by molar-refractivity contribution is 0.126. The molecule has 0 aliphatic rings. The fraction of sp³-hybridized carbons (Fsp3) is 0.471. The molecule has 0 saturated carbocycles. The molecule has 2 rings (SSSR count). The van der Waals surface area contributed by atoms with Gasteiger partial charge in [0.15, 0.2) is 0 Å². The third kappa shape index (κ3) is 3.85. The Morgan fingerprint density at radius 3 is 2.71 bits per heavy atom. The third-order valence-electron chi connectivity index (χ3n) is 3.60. The van der Waals surface area contributed by atoms with E-state index in [4.69, 9.17) is 9.47 Å². The standard InChI is InChI=1S/C17H24N2O2/c1-5-21-11-16(12(2)3)19-17-15-10-14(20-4)7-6-13(15)8-9-18-17/h6-10,12,16H,5,11H2,1-4H3,(H,18,19). The molecular weight excluding hydrogens is 264 g/mol. The highest BCUT2D eigenvalue weighted by atomic mass is 16.5. The molecule has 1 heterocycles. The van der Waals surface area contributed by atoms with E-state index < -0.39 is 0 Å². The molecule has 21 heavy (non-hydrogen) atoms. The van der Waals surface area contributed by atoms with Gasteiger partial charge in [-0.2, -0.15) is 0 Å². The van der Waals surface area contributed by atoms with Gasteiger partial charge in [0.2, 0.25) is 0 Å². The van der Waals surface area contributed by atoms with Gasteiger partial charge in [0.05, 0.1) is 19.8 Å². The van der Waals surface area contributed by atoms with Crippen molar-refractivity contribution in [2.75, 3.05) is 25.6 Å². The minimum atomic E-state index is 0.231. The van der Waals surface area contributed by atoms with Crippen LogP contribution in [0, 0.1) is 5.92 Å². The van der Waals surface area contributed by atoms with Crippen LogP contribution in [0.2, 0.25) is 0 Å². The van der Waals surface area contributed by atoms with Crippen molar-refractivity contribution in [1.82, 2.24) is 4.98 Å². The van der Waals surface area contributed by atoms with E-state index in [1.165, 1.54) is 0 Å². The number of hydrogen-bond acceptors (Lipinski definition) is 4. The smallest absolute Gasteiger partial charge is 0.134 e. The van der Waals surface area contributed by atoms with Crippen LogP contribution in [0.15, 0.2) is 30.5 Å². The number of nitrogens with one attached hydrogen (secondary N) is 1. The second-order valence-corrected chi connectivity index (χ2v) is 5.40. The molecule has 0 aliphatic carbocycles. The lowest BCUT2D eigenvalue weighted by atomic mass is 10.0. The van der Waals surface area contributed by atoms with Crippen molar-refractivity contribution in [2.24, 2.45) is 5.92 Å². The van der Waals surface area contributed by atoms with E-state index in [1.54, 1.807) is 7.11 Å². The van der Waals surface area contributed by atoms with Gasteiger partial charge in [-0.05, 0) is 36.4 Å². The molecule has 1 aromatic carbocycles. The number of pyridine rings is 1. The second-order valence-electron chi connectivity index (χ2n) is 5.40. The molecular formula is C17H24N2O2. The molecule has 1 aromatic heterocycles. The van der Waals surface area contributed by atoms with E-state index >= 15 is 0 Å². The third-order valence-corrected chi connectivity index (χ3v) is 3.60. The van der Waals surface area contributed by atoms with E-state index in [1.807, 2.05) is 37.4 Å². The number of aromatic nitrogens is 1. The number of methoxy groups -OCH3 is 1. The minimum Gasteiger partial charge on any atom is -0.497 e. The first-order valence-electron chi connectivity index (χ1n) is 7.42. The maximum atomic E-state index is 5.57. The molecule has 0 aliphatic heterocycles. The van der Waals surface area contributed by atoms with E-state index in [0.29, 0.717) is 12.5 Å². The Morgan fingerprint density at radius 2 is 2.05 bits per heavy atom. The maximum Gasteiger partial charge on any atom is 0.134 e. The van der Waals surface area contributed by atoms with Crippen molar-refractivity contribution < 1.29 is 9.47 Å². The van der Waals surface area contributed by atoms with Gasteiger partial charge in [-0.3, -0.25) is 0 Å². The van der Waals surface area contributed by atoms with Crippen LogP contribution in [-0.2, 0) is 4.74 Å². The van der Waals surface area contributed by atoms with Gasteiger partial charge in [-0.25, -0.2) is 4.98 Å². The zero-order chi connectivity index (χ0) is 15.2. The Labute approximate surface area is 126 Å². The molecule has 0 bridgehead atoms. The lowest BCUT2D eigenvalue weighted by Gasteiger charge is -2.23. The SMILES string of the molecule is CCOCC(Nc1nccc2ccc(OC)cc12)C(C)C. The van der Waals surface area contributed by atoms with Crippen LogP contribution in [0.5, 0.6) is 5.75 Å². The van der Waals surface area contributed by atoms with Crippen LogP contribution in [0.25, 0.3) is 10.8 Å². The first kappa shape index (κ1) is 15.6. The molecule has 1 N–H and O–H groups in total. The second kappa shape index (κ2) is 7.27. The number of nitrogens with zero attached hydrogens (tertiary/aromatic N) is 1. The molecule has 1 unspecified atom stereocenters. The lowest BCUT2D eigenvalue weighted by Crippen LogP contribution is -2.31. The summed E-state index contributed by atoms with van der Waals surface area (Å²) in [4.78, 5) is 4.49. The van der Waals surface area contributed by atoms with Crippen molar-refractivity contribution in [2.45, 2.75) is 26.8 Å². The average Bonchev–Trinajstić information content (AvgIpc) is 2.50. The van der Waals surface area contributed by atoms with Crippen molar-refractivity contribution in [3.05, 3.63) is 30.5 Å². The van der Waals surface area contributed by atoms with Gasteiger partial charge in [0.25, 0.3) is 0 Å². The Hall–Kier alpha value is -1.81. The summed E-state index contributed by atoms with van der Waals surface area (Å²) in [6.07, 6.45) is 1.83. The Balaban J connectivity index is 2.31. The van der Waals surface area contributed by atoms with E-state index in [-0.39, 0.29) is 6.04 Å². The summed E-state index contributed by atoms with van der Waals surface area (Å²) in [5, 5.41) is 5.73.